The van der Waals surface area contributed by atoms with E-state index in [1.807, 2.05) is 0 Å². The van der Waals surface area contributed by atoms with E-state index in [9.17, 15) is 9.59 Å². The van der Waals surface area contributed by atoms with Crippen LogP contribution in [0.4, 0.5) is 5.13 Å². The van der Waals surface area contributed by atoms with Gasteiger partial charge in [0.05, 0.1) is 5.69 Å². The molecule has 0 aliphatic carbocycles. The summed E-state index contributed by atoms with van der Waals surface area (Å²) >= 11 is 1.14. The lowest BCUT2D eigenvalue weighted by Gasteiger charge is -2.14. The molecule has 1 aliphatic heterocycles. The van der Waals surface area contributed by atoms with Gasteiger partial charge < -0.3 is 16.4 Å². The Labute approximate surface area is 109 Å². The van der Waals surface area contributed by atoms with E-state index < -0.39 is 6.04 Å². The normalized spacial score (nSPS) is 20.1. The summed E-state index contributed by atoms with van der Waals surface area (Å²) < 4.78 is 0. The molecular weight excluding hydrogens is 252 g/mol. The summed E-state index contributed by atoms with van der Waals surface area (Å²) in [5.74, 6) is -0.389. The molecule has 0 bridgehead atoms. The Kier molecular flexibility index (Phi) is 3.81. The first-order valence-electron chi connectivity index (χ1n) is 5.89. The van der Waals surface area contributed by atoms with Crippen LogP contribution in [0, 0.1) is 6.92 Å². The van der Waals surface area contributed by atoms with E-state index in [1.165, 1.54) is 0 Å². The molecule has 1 aromatic rings. The molecule has 1 aromatic heterocycles. The monoisotopic (exact) mass is 268 g/mol. The molecule has 0 spiro atoms. The predicted octanol–water partition coefficient (Wildman–Crippen LogP) is 0.432. The Balaban J connectivity index is 2.06. The van der Waals surface area contributed by atoms with Gasteiger partial charge >= 0.3 is 0 Å². The van der Waals surface area contributed by atoms with E-state index in [0.717, 1.165) is 24.2 Å². The van der Waals surface area contributed by atoms with E-state index >= 15 is 0 Å². The molecule has 0 aromatic carbocycles. The summed E-state index contributed by atoms with van der Waals surface area (Å²) in [7, 11) is 0. The van der Waals surface area contributed by atoms with Crippen molar-refractivity contribution in [3.8, 4) is 0 Å². The molecule has 1 saturated heterocycles. The first-order valence-corrected chi connectivity index (χ1v) is 6.71. The number of nitrogen functional groups attached to an aromatic ring is 1. The largest absolute Gasteiger partial charge is 0.375 e. The van der Waals surface area contributed by atoms with Crippen molar-refractivity contribution in [2.24, 2.45) is 0 Å². The van der Waals surface area contributed by atoms with Gasteiger partial charge in [0.15, 0.2) is 5.13 Å². The van der Waals surface area contributed by atoms with Crippen LogP contribution in [0.3, 0.4) is 0 Å². The highest BCUT2D eigenvalue weighted by Gasteiger charge is 2.24. The number of hydrogen-bond acceptors (Lipinski definition) is 5. The average Bonchev–Trinajstić information content (AvgIpc) is 2.52. The summed E-state index contributed by atoms with van der Waals surface area (Å²) in [5, 5.41) is 5.89. The molecule has 98 valence electrons. The second-order valence-corrected chi connectivity index (χ2v) is 5.31. The number of aromatic nitrogens is 1. The SMILES string of the molecule is Cc1nc(N)sc1C(=O)NC1CCCCNC1=O. The number of nitrogens with zero attached hydrogens (tertiary/aromatic N) is 1. The molecule has 2 heterocycles. The van der Waals surface area contributed by atoms with Crippen LogP contribution in [0.25, 0.3) is 0 Å². The number of anilines is 1. The Hall–Kier alpha value is -1.63. The molecular formula is C11H16N4O2S. The fourth-order valence-electron chi connectivity index (χ4n) is 1.93. The molecule has 2 amide bonds. The molecule has 0 saturated carbocycles. The van der Waals surface area contributed by atoms with Crippen LogP contribution in [-0.2, 0) is 4.79 Å². The van der Waals surface area contributed by atoms with Crippen LogP contribution in [-0.4, -0.2) is 29.4 Å². The molecule has 1 unspecified atom stereocenters. The van der Waals surface area contributed by atoms with Crippen molar-refractivity contribution in [2.75, 3.05) is 12.3 Å². The molecule has 18 heavy (non-hydrogen) atoms. The van der Waals surface area contributed by atoms with Crippen molar-refractivity contribution >= 4 is 28.3 Å². The molecule has 1 aliphatic rings. The van der Waals surface area contributed by atoms with E-state index in [0.29, 0.717) is 28.7 Å². The van der Waals surface area contributed by atoms with Gasteiger partial charge in [-0.2, -0.15) is 0 Å². The lowest BCUT2D eigenvalue weighted by Crippen LogP contribution is -2.45. The first-order chi connectivity index (χ1) is 8.58. The van der Waals surface area contributed by atoms with Gasteiger partial charge in [-0.1, -0.05) is 11.3 Å². The number of carbonyl (C=O) groups excluding carboxylic acids is 2. The topological polar surface area (TPSA) is 97.1 Å². The molecule has 0 radical (unpaired) electrons. The molecule has 1 fully saturated rings. The van der Waals surface area contributed by atoms with E-state index in [1.54, 1.807) is 6.92 Å². The maximum atomic E-state index is 12.0. The number of nitrogens with two attached hydrogens (primary N) is 1. The second kappa shape index (κ2) is 5.34. The van der Waals surface area contributed by atoms with Crippen molar-refractivity contribution in [1.82, 2.24) is 15.6 Å². The van der Waals surface area contributed by atoms with Gasteiger partial charge in [0, 0.05) is 6.54 Å². The van der Waals surface area contributed by atoms with Gasteiger partial charge in [0.1, 0.15) is 10.9 Å². The fourth-order valence-corrected chi connectivity index (χ4v) is 2.67. The van der Waals surface area contributed by atoms with Crippen LogP contribution >= 0.6 is 11.3 Å². The van der Waals surface area contributed by atoms with Crippen LogP contribution in [0.15, 0.2) is 0 Å². The van der Waals surface area contributed by atoms with Gasteiger partial charge in [-0.3, -0.25) is 9.59 Å². The number of amides is 2. The summed E-state index contributed by atoms with van der Waals surface area (Å²) in [6, 6.07) is -0.456. The van der Waals surface area contributed by atoms with E-state index in [4.69, 9.17) is 5.73 Å². The minimum atomic E-state index is -0.456. The Morgan fingerprint density at radius 2 is 2.33 bits per heavy atom. The van der Waals surface area contributed by atoms with Gasteiger partial charge in [-0.25, -0.2) is 4.98 Å². The third kappa shape index (κ3) is 2.79. The van der Waals surface area contributed by atoms with Gasteiger partial charge in [0.25, 0.3) is 5.91 Å². The minimum Gasteiger partial charge on any atom is -0.375 e. The van der Waals surface area contributed by atoms with Crippen molar-refractivity contribution in [1.29, 1.82) is 0 Å². The standard InChI is InChI=1S/C11H16N4O2S/c1-6-8(18-11(12)14-6)10(17)15-7-4-2-3-5-13-9(7)16/h7H,2-5H2,1H3,(H2,12,14)(H,13,16)(H,15,17). The number of rotatable bonds is 2. The highest BCUT2D eigenvalue weighted by molar-refractivity contribution is 7.17. The van der Waals surface area contributed by atoms with Gasteiger partial charge in [-0.15, -0.1) is 0 Å². The number of carbonyl (C=O) groups is 2. The lowest BCUT2D eigenvalue weighted by atomic mass is 10.1. The van der Waals surface area contributed by atoms with Crippen molar-refractivity contribution in [3.63, 3.8) is 0 Å². The number of aryl methyl sites for hydroxylation is 1. The van der Waals surface area contributed by atoms with E-state index in [2.05, 4.69) is 15.6 Å². The highest BCUT2D eigenvalue weighted by atomic mass is 32.1. The predicted molar refractivity (Wildman–Crippen MR) is 69.4 cm³/mol. The quantitative estimate of drug-likeness (QED) is 0.724. The summed E-state index contributed by atoms with van der Waals surface area (Å²) in [5.41, 5.74) is 6.15. The smallest absolute Gasteiger partial charge is 0.264 e. The second-order valence-electron chi connectivity index (χ2n) is 4.28. The molecule has 1 atom stereocenters. The zero-order valence-electron chi connectivity index (χ0n) is 10.2. The number of hydrogen-bond donors (Lipinski definition) is 3. The van der Waals surface area contributed by atoms with Crippen molar-refractivity contribution < 1.29 is 9.59 Å². The number of nitrogens with one attached hydrogen (secondary N) is 2. The first kappa shape index (κ1) is 12.8. The highest BCUT2D eigenvalue weighted by Crippen LogP contribution is 2.19. The fraction of sp³-hybridized carbons (Fsp3) is 0.545. The van der Waals surface area contributed by atoms with Crippen LogP contribution in [0.1, 0.15) is 34.6 Å². The van der Waals surface area contributed by atoms with Crippen molar-refractivity contribution in [3.05, 3.63) is 10.6 Å². The Morgan fingerprint density at radius 3 is 3.00 bits per heavy atom. The zero-order valence-corrected chi connectivity index (χ0v) is 11.0. The zero-order chi connectivity index (χ0) is 13.1. The average molecular weight is 268 g/mol. The summed E-state index contributed by atoms with van der Waals surface area (Å²) in [6.45, 7) is 2.41. The number of thiazole rings is 1. The summed E-state index contributed by atoms with van der Waals surface area (Å²) in [6.07, 6.45) is 2.54. The molecule has 4 N–H and O–H groups in total. The molecule has 6 nitrogen and oxygen atoms in total. The molecule has 7 heteroatoms. The lowest BCUT2D eigenvalue weighted by molar-refractivity contribution is -0.122. The Bertz CT molecular complexity index is 472. The van der Waals surface area contributed by atoms with E-state index in [-0.39, 0.29) is 11.8 Å². The summed E-state index contributed by atoms with van der Waals surface area (Å²) in [4.78, 5) is 28.2. The van der Waals surface area contributed by atoms with Crippen LogP contribution < -0.4 is 16.4 Å². The third-order valence-corrected chi connectivity index (χ3v) is 3.85. The maximum Gasteiger partial charge on any atom is 0.264 e. The third-order valence-electron chi connectivity index (χ3n) is 2.86. The van der Waals surface area contributed by atoms with Crippen molar-refractivity contribution in [2.45, 2.75) is 32.2 Å². The minimum absolute atomic E-state index is 0.115. The van der Waals surface area contributed by atoms with Gasteiger partial charge in [0.2, 0.25) is 5.91 Å². The van der Waals surface area contributed by atoms with Crippen LogP contribution in [0.5, 0.6) is 0 Å². The maximum absolute atomic E-state index is 12.0. The Morgan fingerprint density at radius 1 is 1.56 bits per heavy atom. The van der Waals surface area contributed by atoms with Gasteiger partial charge in [-0.05, 0) is 26.2 Å². The van der Waals surface area contributed by atoms with Crippen LogP contribution in [0.2, 0.25) is 0 Å². The molecule has 2 rings (SSSR count).